The van der Waals surface area contributed by atoms with E-state index in [1.165, 1.54) is 6.07 Å². The van der Waals surface area contributed by atoms with Gasteiger partial charge in [0.05, 0.1) is 5.56 Å². The molecule has 27 heavy (non-hydrogen) atoms. The second-order valence-electron chi connectivity index (χ2n) is 6.35. The van der Waals surface area contributed by atoms with Crippen molar-refractivity contribution in [2.75, 3.05) is 17.2 Å². The van der Waals surface area contributed by atoms with Gasteiger partial charge in [0, 0.05) is 23.5 Å². The first-order valence-electron chi connectivity index (χ1n) is 8.28. The Kier molecular flexibility index (Phi) is 6.44. The van der Waals surface area contributed by atoms with Crippen LogP contribution >= 0.6 is 0 Å². The Hall–Kier alpha value is -3.03. The minimum absolute atomic E-state index is 0.0714. The highest BCUT2D eigenvalue weighted by atomic mass is 19.4. The summed E-state index contributed by atoms with van der Waals surface area (Å²) >= 11 is 0. The number of carbonyl (C=O) groups excluding carboxylic acids is 2. The highest BCUT2D eigenvalue weighted by molar-refractivity contribution is 6.04. The SMILES string of the molecule is CC(C)CNC(=O)Nc1cc(NC(=O)c2ccccc2)cc(C(F)(F)F)c1. The van der Waals surface area contributed by atoms with E-state index in [2.05, 4.69) is 16.0 Å². The number of urea groups is 1. The first kappa shape index (κ1) is 20.3. The van der Waals surface area contributed by atoms with Crippen LogP contribution in [0.2, 0.25) is 0 Å². The van der Waals surface area contributed by atoms with Gasteiger partial charge in [0.1, 0.15) is 0 Å². The van der Waals surface area contributed by atoms with Gasteiger partial charge in [0.2, 0.25) is 0 Å². The van der Waals surface area contributed by atoms with Crippen LogP contribution in [0.1, 0.15) is 29.8 Å². The lowest BCUT2D eigenvalue weighted by molar-refractivity contribution is -0.137. The minimum Gasteiger partial charge on any atom is -0.338 e. The quantitative estimate of drug-likeness (QED) is 0.703. The van der Waals surface area contributed by atoms with Gasteiger partial charge in [-0.2, -0.15) is 13.2 Å². The summed E-state index contributed by atoms with van der Waals surface area (Å²) in [6.07, 6.45) is -4.63. The van der Waals surface area contributed by atoms with Gasteiger partial charge in [-0.15, -0.1) is 0 Å². The standard InChI is InChI=1S/C19H20F3N3O2/c1-12(2)11-23-18(27)25-16-9-14(19(20,21)22)8-15(10-16)24-17(26)13-6-4-3-5-7-13/h3-10,12H,11H2,1-2H3,(H,24,26)(H2,23,25,27). The van der Waals surface area contributed by atoms with Crippen LogP contribution in [0.3, 0.4) is 0 Å². The van der Waals surface area contributed by atoms with E-state index in [1.807, 2.05) is 13.8 Å². The third-order valence-electron chi connectivity index (χ3n) is 3.48. The lowest BCUT2D eigenvalue weighted by Crippen LogP contribution is -2.31. The zero-order valence-corrected chi connectivity index (χ0v) is 14.9. The van der Waals surface area contributed by atoms with Crippen LogP contribution < -0.4 is 16.0 Å². The monoisotopic (exact) mass is 379 g/mol. The van der Waals surface area contributed by atoms with Crippen LogP contribution in [-0.4, -0.2) is 18.5 Å². The summed E-state index contributed by atoms with van der Waals surface area (Å²) in [6, 6.07) is 10.4. The number of rotatable bonds is 5. The van der Waals surface area contributed by atoms with E-state index in [9.17, 15) is 22.8 Å². The van der Waals surface area contributed by atoms with E-state index >= 15 is 0 Å². The number of alkyl halides is 3. The van der Waals surface area contributed by atoms with E-state index in [1.54, 1.807) is 30.3 Å². The Morgan fingerprint density at radius 3 is 2.11 bits per heavy atom. The summed E-state index contributed by atoms with van der Waals surface area (Å²) in [7, 11) is 0. The molecule has 3 N–H and O–H groups in total. The van der Waals surface area contributed by atoms with E-state index in [0.29, 0.717) is 12.1 Å². The summed E-state index contributed by atoms with van der Waals surface area (Å²) in [5.74, 6) is -0.358. The van der Waals surface area contributed by atoms with Crippen molar-refractivity contribution >= 4 is 23.3 Å². The van der Waals surface area contributed by atoms with Gasteiger partial charge in [-0.3, -0.25) is 4.79 Å². The predicted molar refractivity (Wildman–Crippen MR) is 97.7 cm³/mol. The van der Waals surface area contributed by atoms with E-state index in [0.717, 1.165) is 12.1 Å². The number of halogens is 3. The highest BCUT2D eigenvalue weighted by Crippen LogP contribution is 2.33. The van der Waals surface area contributed by atoms with Crippen molar-refractivity contribution in [1.29, 1.82) is 0 Å². The topological polar surface area (TPSA) is 70.2 Å². The van der Waals surface area contributed by atoms with Crippen LogP contribution in [0, 0.1) is 5.92 Å². The molecule has 0 aliphatic rings. The smallest absolute Gasteiger partial charge is 0.338 e. The number of hydrogen-bond donors (Lipinski definition) is 3. The molecule has 2 rings (SSSR count). The fraction of sp³-hybridized carbons (Fsp3) is 0.263. The molecule has 2 aromatic carbocycles. The number of hydrogen-bond acceptors (Lipinski definition) is 2. The third-order valence-corrected chi connectivity index (χ3v) is 3.48. The lowest BCUT2D eigenvalue weighted by Gasteiger charge is -2.15. The Morgan fingerprint density at radius 1 is 0.963 bits per heavy atom. The molecule has 2 aromatic rings. The molecule has 0 aliphatic carbocycles. The largest absolute Gasteiger partial charge is 0.416 e. The van der Waals surface area contributed by atoms with Crippen LogP contribution in [0.5, 0.6) is 0 Å². The molecule has 0 aliphatic heterocycles. The van der Waals surface area contributed by atoms with Crippen molar-refractivity contribution in [2.45, 2.75) is 20.0 Å². The van der Waals surface area contributed by atoms with E-state index < -0.39 is 23.7 Å². The maximum Gasteiger partial charge on any atom is 0.416 e. The first-order valence-corrected chi connectivity index (χ1v) is 8.28. The summed E-state index contributed by atoms with van der Waals surface area (Å²) < 4.78 is 39.5. The van der Waals surface area contributed by atoms with Crippen LogP contribution in [0.4, 0.5) is 29.3 Å². The van der Waals surface area contributed by atoms with Gasteiger partial charge in [0.15, 0.2) is 0 Å². The molecule has 0 heterocycles. The Morgan fingerprint density at radius 2 is 1.56 bits per heavy atom. The molecular formula is C19H20F3N3O2. The van der Waals surface area contributed by atoms with Crippen molar-refractivity contribution in [3.63, 3.8) is 0 Å². The molecule has 0 saturated carbocycles. The molecule has 8 heteroatoms. The Balaban J connectivity index is 2.23. The highest BCUT2D eigenvalue weighted by Gasteiger charge is 2.31. The van der Waals surface area contributed by atoms with Crippen molar-refractivity contribution in [3.05, 3.63) is 59.7 Å². The predicted octanol–water partition coefficient (Wildman–Crippen LogP) is 4.74. The second kappa shape index (κ2) is 8.57. The van der Waals surface area contributed by atoms with Gasteiger partial charge >= 0.3 is 12.2 Å². The fourth-order valence-corrected chi connectivity index (χ4v) is 2.20. The molecule has 5 nitrogen and oxygen atoms in total. The van der Waals surface area contributed by atoms with Gasteiger partial charge in [-0.25, -0.2) is 4.79 Å². The molecule has 0 saturated heterocycles. The zero-order valence-electron chi connectivity index (χ0n) is 14.9. The molecule has 0 fully saturated rings. The fourth-order valence-electron chi connectivity index (χ4n) is 2.20. The molecule has 0 spiro atoms. The van der Waals surface area contributed by atoms with Crippen LogP contribution in [-0.2, 0) is 6.18 Å². The number of carbonyl (C=O) groups is 2. The molecular weight excluding hydrogens is 359 g/mol. The lowest BCUT2D eigenvalue weighted by atomic mass is 10.1. The number of nitrogens with one attached hydrogen (secondary N) is 3. The van der Waals surface area contributed by atoms with Gasteiger partial charge in [-0.1, -0.05) is 32.0 Å². The van der Waals surface area contributed by atoms with Crippen LogP contribution in [0.25, 0.3) is 0 Å². The molecule has 0 unspecified atom stereocenters. The summed E-state index contributed by atoms with van der Waals surface area (Å²) in [5, 5.41) is 7.34. The molecule has 0 atom stereocenters. The van der Waals surface area contributed by atoms with Crippen molar-refractivity contribution in [2.24, 2.45) is 5.92 Å². The van der Waals surface area contributed by atoms with Crippen molar-refractivity contribution in [3.8, 4) is 0 Å². The van der Waals surface area contributed by atoms with Gasteiger partial charge in [-0.05, 0) is 36.2 Å². The third kappa shape index (κ3) is 6.32. The second-order valence-corrected chi connectivity index (χ2v) is 6.35. The normalized spacial score (nSPS) is 11.2. The summed E-state index contributed by atoms with van der Waals surface area (Å²) in [6.45, 7) is 4.16. The number of anilines is 2. The molecule has 0 radical (unpaired) electrons. The maximum absolute atomic E-state index is 13.2. The van der Waals surface area contributed by atoms with Crippen LogP contribution in [0.15, 0.2) is 48.5 Å². The van der Waals surface area contributed by atoms with Crippen molar-refractivity contribution in [1.82, 2.24) is 5.32 Å². The van der Waals surface area contributed by atoms with Gasteiger partial charge in [0.25, 0.3) is 5.91 Å². The molecule has 0 bridgehead atoms. The van der Waals surface area contributed by atoms with Gasteiger partial charge < -0.3 is 16.0 Å². The molecule has 0 aromatic heterocycles. The number of benzene rings is 2. The maximum atomic E-state index is 13.2. The van der Waals surface area contributed by atoms with Crippen molar-refractivity contribution < 1.29 is 22.8 Å². The zero-order chi connectivity index (χ0) is 20.0. The molecule has 3 amide bonds. The van der Waals surface area contributed by atoms with E-state index in [-0.39, 0.29) is 17.3 Å². The first-order chi connectivity index (χ1) is 12.6. The Bertz CT molecular complexity index is 806. The average molecular weight is 379 g/mol. The Labute approximate surface area is 155 Å². The number of amides is 3. The summed E-state index contributed by atoms with van der Waals surface area (Å²) in [4.78, 5) is 24.0. The van der Waals surface area contributed by atoms with E-state index in [4.69, 9.17) is 0 Å². The minimum atomic E-state index is -4.63. The molecule has 144 valence electrons. The average Bonchev–Trinajstić information content (AvgIpc) is 2.59. The summed E-state index contributed by atoms with van der Waals surface area (Å²) in [5.41, 5.74) is -0.820.